The van der Waals surface area contributed by atoms with E-state index >= 15 is 0 Å². The van der Waals surface area contributed by atoms with Crippen LogP contribution in [0.1, 0.15) is 39.8 Å². The van der Waals surface area contributed by atoms with Crippen molar-refractivity contribution in [2.45, 2.75) is 31.1 Å². The molecule has 0 fully saturated rings. The number of carbonyl (C=O) groups excluding carboxylic acids is 1. The Hall–Kier alpha value is -1.44. The molecule has 2 N–H and O–H groups in total. The van der Waals surface area contributed by atoms with Gasteiger partial charge < -0.3 is 10.4 Å². The van der Waals surface area contributed by atoms with Crippen molar-refractivity contribution < 1.29 is 9.90 Å². The largest absolute Gasteiger partial charge is 0.382 e. The van der Waals surface area contributed by atoms with Crippen molar-refractivity contribution in [3.05, 3.63) is 46.0 Å². The molecule has 0 spiro atoms. The number of amides is 1. The van der Waals surface area contributed by atoms with E-state index in [9.17, 15) is 9.90 Å². The molecule has 5 nitrogen and oxygen atoms in total. The second-order valence-electron chi connectivity index (χ2n) is 5.66. The summed E-state index contributed by atoms with van der Waals surface area (Å²) >= 11 is 2.79. The number of aryl methyl sites for hydroxylation is 1. The Labute approximate surface area is 143 Å². The van der Waals surface area contributed by atoms with Gasteiger partial charge >= 0.3 is 0 Å². The van der Waals surface area contributed by atoms with Crippen LogP contribution >= 0.6 is 23.3 Å². The number of aliphatic hydroxyl groups is 1. The third-order valence-electron chi connectivity index (χ3n) is 3.91. The monoisotopic (exact) mass is 349 g/mol. The van der Waals surface area contributed by atoms with Crippen molar-refractivity contribution in [1.82, 2.24) is 14.9 Å². The first-order chi connectivity index (χ1) is 11.1. The van der Waals surface area contributed by atoms with E-state index in [2.05, 4.69) is 14.9 Å². The first-order valence-corrected chi connectivity index (χ1v) is 9.55. The molecule has 0 bridgehead atoms. The molecular weight excluding hydrogens is 330 g/mol. The number of hydrogen-bond acceptors (Lipinski definition) is 6. The van der Waals surface area contributed by atoms with Gasteiger partial charge in [0.2, 0.25) is 0 Å². The van der Waals surface area contributed by atoms with E-state index in [1.54, 1.807) is 11.8 Å². The van der Waals surface area contributed by atoms with Crippen LogP contribution in [-0.4, -0.2) is 32.9 Å². The molecular formula is C16H19N3O2S2. The molecule has 0 aliphatic carbocycles. The highest BCUT2D eigenvalue weighted by atomic mass is 32.2. The summed E-state index contributed by atoms with van der Waals surface area (Å²) in [5, 5.41) is 17.9. The molecule has 0 saturated carbocycles. The van der Waals surface area contributed by atoms with Crippen molar-refractivity contribution in [3.63, 3.8) is 0 Å². The minimum Gasteiger partial charge on any atom is -0.382 e. The first kappa shape index (κ1) is 16.4. The lowest BCUT2D eigenvalue weighted by Crippen LogP contribution is -2.44. The van der Waals surface area contributed by atoms with Crippen LogP contribution in [0.25, 0.3) is 0 Å². The lowest BCUT2D eigenvalue weighted by atomic mass is 9.91. The van der Waals surface area contributed by atoms with Gasteiger partial charge in [0.1, 0.15) is 10.5 Å². The van der Waals surface area contributed by atoms with Crippen LogP contribution in [0.3, 0.4) is 0 Å². The molecule has 1 amide bonds. The van der Waals surface area contributed by atoms with E-state index in [1.165, 1.54) is 0 Å². The quantitative estimate of drug-likeness (QED) is 0.867. The van der Waals surface area contributed by atoms with E-state index in [0.29, 0.717) is 10.6 Å². The molecule has 1 aromatic carbocycles. The minimum absolute atomic E-state index is 0.194. The Morgan fingerprint density at radius 1 is 1.43 bits per heavy atom. The normalized spacial score (nSPS) is 20.1. The SMILES string of the molecule is CCCc1nnsc1C(=O)NCC1(O)CSCc2ccccc21. The Morgan fingerprint density at radius 3 is 3.09 bits per heavy atom. The van der Waals surface area contributed by atoms with Crippen LogP contribution in [0.5, 0.6) is 0 Å². The van der Waals surface area contributed by atoms with Crippen LogP contribution in [0.15, 0.2) is 24.3 Å². The maximum absolute atomic E-state index is 12.4. The fraction of sp³-hybridized carbons (Fsp3) is 0.438. The molecule has 7 heteroatoms. The average Bonchev–Trinajstić information content (AvgIpc) is 3.02. The zero-order chi connectivity index (χ0) is 16.3. The maximum Gasteiger partial charge on any atom is 0.265 e. The van der Waals surface area contributed by atoms with Gasteiger partial charge in [-0.2, -0.15) is 11.8 Å². The van der Waals surface area contributed by atoms with E-state index in [-0.39, 0.29) is 12.5 Å². The molecule has 23 heavy (non-hydrogen) atoms. The van der Waals surface area contributed by atoms with Crippen molar-refractivity contribution in [1.29, 1.82) is 0 Å². The van der Waals surface area contributed by atoms with E-state index in [1.807, 2.05) is 31.2 Å². The number of nitrogens with one attached hydrogen (secondary N) is 1. The van der Waals surface area contributed by atoms with Crippen molar-refractivity contribution in [3.8, 4) is 0 Å². The lowest BCUT2D eigenvalue weighted by molar-refractivity contribution is 0.0553. The third-order valence-corrected chi connectivity index (χ3v) is 5.87. The zero-order valence-corrected chi connectivity index (χ0v) is 14.5. The standard InChI is InChI=1S/C16H19N3O2S2/c1-2-5-13-14(23-19-18-13)15(20)17-9-16(21)10-22-8-11-6-3-4-7-12(11)16/h3-4,6-7,21H,2,5,8-10H2,1H3,(H,17,20). The summed E-state index contributed by atoms with van der Waals surface area (Å²) in [6, 6.07) is 7.87. The number of benzene rings is 1. The van der Waals surface area contributed by atoms with Crippen molar-refractivity contribution in [2.75, 3.05) is 12.3 Å². The van der Waals surface area contributed by atoms with Crippen LogP contribution in [0.2, 0.25) is 0 Å². The summed E-state index contributed by atoms with van der Waals surface area (Å²) in [5.41, 5.74) is 1.75. The van der Waals surface area contributed by atoms with Gasteiger partial charge in [0.05, 0.1) is 12.2 Å². The Bertz CT molecular complexity index is 704. The minimum atomic E-state index is -1.03. The summed E-state index contributed by atoms with van der Waals surface area (Å²) in [7, 11) is 0. The van der Waals surface area contributed by atoms with Gasteiger partial charge in [0, 0.05) is 11.5 Å². The highest BCUT2D eigenvalue weighted by Crippen LogP contribution is 2.35. The highest BCUT2D eigenvalue weighted by Gasteiger charge is 2.35. The molecule has 122 valence electrons. The van der Waals surface area contributed by atoms with E-state index < -0.39 is 5.60 Å². The topological polar surface area (TPSA) is 75.1 Å². The molecule has 1 atom stereocenters. The van der Waals surface area contributed by atoms with Gasteiger partial charge in [-0.05, 0) is 29.1 Å². The van der Waals surface area contributed by atoms with Crippen LogP contribution in [0, 0.1) is 0 Å². The number of carbonyl (C=O) groups is 1. The maximum atomic E-state index is 12.4. The smallest absolute Gasteiger partial charge is 0.265 e. The summed E-state index contributed by atoms with van der Waals surface area (Å²) in [6.07, 6.45) is 1.65. The fourth-order valence-corrected chi connectivity index (χ4v) is 4.54. The third kappa shape index (κ3) is 3.41. The van der Waals surface area contributed by atoms with Crippen LogP contribution in [-0.2, 0) is 17.8 Å². The van der Waals surface area contributed by atoms with Crippen molar-refractivity contribution in [2.24, 2.45) is 0 Å². The van der Waals surface area contributed by atoms with Gasteiger partial charge in [0.25, 0.3) is 5.91 Å². The first-order valence-electron chi connectivity index (χ1n) is 7.62. The lowest BCUT2D eigenvalue weighted by Gasteiger charge is -2.34. The number of aromatic nitrogens is 2. The second kappa shape index (κ2) is 6.98. The number of thioether (sulfide) groups is 1. The molecule has 2 aromatic rings. The van der Waals surface area contributed by atoms with Crippen molar-refractivity contribution >= 4 is 29.2 Å². The van der Waals surface area contributed by atoms with E-state index in [0.717, 1.165) is 46.9 Å². The number of nitrogens with zero attached hydrogens (tertiary/aromatic N) is 2. The highest BCUT2D eigenvalue weighted by molar-refractivity contribution is 7.98. The molecule has 1 unspecified atom stereocenters. The van der Waals surface area contributed by atoms with E-state index in [4.69, 9.17) is 0 Å². The molecule has 3 rings (SSSR count). The Kier molecular flexibility index (Phi) is 4.99. The molecule has 0 saturated heterocycles. The van der Waals surface area contributed by atoms with Gasteiger partial charge in [-0.3, -0.25) is 4.79 Å². The van der Waals surface area contributed by atoms with Crippen LogP contribution < -0.4 is 5.32 Å². The Morgan fingerprint density at radius 2 is 2.26 bits per heavy atom. The second-order valence-corrected chi connectivity index (χ2v) is 7.40. The number of rotatable bonds is 5. The van der Waals surface area contributed by atoms with Gasteiger partial charge in [-0.15, -0.1) is 5.10 Å². The van der Waals surface area contributed by atoms with Gasteiger partial charge in [-0.1, -0.05) is 42.1 Å². The summed E-state index contributed by atoms with van der Waals surface area (Å²) in [5.74, 6) is 1.27. The molecule has 2 heterocycles. The summed E-state index contributed by atoms with van der Waals surface area (Å²) in [4.78, 5) is 12.9. The number of hydrogen-bond donors (Lipinski definition) is 2. The summed E-state index contributed by atoms with van der Waals surface area (Å²) in [6.45, 7) is 2.24. The predicted molar refractivity (Wildman–Crippen MR) is 92.7 cm³/mol. The van der Waals surface area contributed by atoms with Crippen LogP contribution in [0.4, 0.5) is 0 Å². The molecule has 1 aromatic heterocycles. The van der Waals surface area contributed by atoms with Gasteiger partial charge in [-0.25, -0.2) is 0 Å². The molecule has 1 aliphatic rings. The Balaban J connectivity index is 1.73. The molecule has 1 aliphatic heterocycles. The number of fused-ring (bicyclic) bond motifs is 1. The zero-order valence-electron chi connectivity index (χ0n) is 12.9. The molecule has 0 radical (unpaired) electrons. The summed E-state index contributed by atoms with van der Waals surface area (Å²) < 4.78 is 3.87. The average molecular weight is 349 g/mol. The predicted octanol–water partition coefficient (Wildman–Crippen LogP) is 2.36. The fourth-order valence-electron chi connectivity index (χ4n) is 2.74. The van der Waals surface area contributed by atoms with Gasteiger partial charge in [0.15, 0.2) is 0 Å².